The average Bonchev–Trinajstić information content (AvgIpc) is 3.36. The maximum absolute atomic E-state index is 12.1. The number of hydrogen-bond acceptors (Lipinski definition) is 2. The second kappa shape index (κ2) is 7.31. The molecule has 0 spiro atoms. The van der Waals surface area contributed by atoms with Crippen LogP contribution in [0.1, 0.15) is 15.9 Å². The number of aromatic nitrogens is 1. The molecular weight excluding hydrogens is 491 g/mol. The highest BCUT2D eigenvalue weighted by Crippen LogP contribution is 2.35. The first-order valence-electron chi connectivity index (χ1n) is 9.16. The van der Waals surface area contributed by atoms with Crippen molar-refractivity contribution in [3.63, 3.8) is 0 Å². The predicted octanol–water partition coefficient (Wildman–Crippen LogP) is 6.07. The lowest BCUT2D eigenvalue weighted by Crippen LogP contribution is -2.11. The van der Waals surface area contributed by atoms with Crippen LogP contribution in [0.15, 0.2) is 72.1 Å². The fraction of sp³-hybridized carbons (Fsp3) is 0.0417. The number of amides is 1. The lowest BCUT2D eigenvalue weighted by molar-refractivity contribution is 0.100. The Morgan fingerprint density at radius 3 is 2.62 bits per heavy atom. The van der Waals surface area contributed by atoms with E-state index in [-0.39, 0.29) is 0 Å². The van der Waals surface area contributed by atoms with Crippen LogP contribution in [0.3, 0.4) is 0 Å². The molecule has 29 heavy (non-hydrogen) atoms. The molecule has 141 valence electrons. The van der Waals surface area contributed by atoms with E-state index in [1.165, 1.54) is 14.0 Å². The molecule has 0 aliphatic rings. The minimum absolute atomic E-state index is 0.417. The first kappa shape index (κ1) is 18.4. The van der Waals surface area contributed by atoms with Gasteiger partial charge in [0.1, 0.15) is 0 Å². The Bertz CT molecular complexity index is 1350. The van der Waals surface area contributed by atoms with Gasteiger partial charge in [-0.1, -0.05) is 24.3 Å². The molecule has 0 aliphatic heterocycles. The summed E-state index contributed by atoms with van der Waals surface area (Å²) in [6.45, 7) is 0.709. The fourth-order valence-electron chi connectivity index (χ4n) is 3.79. The van der Waals surface area contributed by atoms with E-state index < -0.39 is 5.91 Å². The van der Waals surface area contributed by atoms with E-state index in [1.807, 2.05) is 18.2 Å². The number of thiophene rings is 1. The van der Waals surface area contributed by atoms with Crippen LogP contribution in [0.4, 0.5) is 0 Å². The van der Waals surface area contributed by atoms with Gasteiger partial charge in [0.25, 0.3) is 0 Å². The number of nitrogens with zero attached hydrogens (tertiary/aromatic N) is 1. The molecule has 0 bridgehead atoms. The summed E-state index contributed by atoms with van der Waals surface area (Å²) in [7, 11) is 0. The van der Waals surface area contributed by atoms with Crippen LogP contribution in [0.25, 0.3) is 32.2 Å². The van der Waals surface area contributed by atoms with Gasteiger partial charge >= 0.3 is 0 Å². The normalized spacial score (nSPS) is 11.3. The third-order valence-electron chi connectivity index (χ3n) is 5.12. The molecule has 3 aromatic carbocycles. The molecule has 5 rings (SSSR count). The van der Waals surface area contributed by atoms with Crippen molar-refractivity contribution in [2.75, 3.05) is 0 Å². The zero-order valence-corrected chi connectivity index (χ0v) is 18.3. The fourth-order valence-corrected chi connectivity index (χ4v) is 4.86. The number of halogens is 1. The molecule has 0 aliphatic carbocycles. The Morgan fingerprint density at radius 2 is 1.90 bits per heavy atom. The monoisotopic (exact) mass is 507 g/mol. The Labute approximate surface area is 185 Å². The van der Waals surface area contributed by atoms with Gasteiger partial charge in [-0.15, -0.1) is 11.3 Å². The predicted molar refractivity (Wildman–Crippen MR) is 128 cm³/mol. The summed E-state index contributed by atoms with van der Waals surface area (Å²) in [4.78, 5) is 13.3. The molecule has 0 unspecified atom stereocenters. The van der Waals surface area contributed by atoms with Crippen molar-refractivity contribution in [2.24, 2.45) is 5.73 Å². The summed E-state index contributed by atoms with van der Waals surface area (Å²) in [5, 5.41) is 3.88. The summed E-state index contributed by atoms with van der Waals surface area (Å²) in [5.74, 6) is -0.417. The molecule has 1 amide bonds. The minimum atomic E-state index is -0.417. The van der Waals surface area contributed by atoms with E-state index >= 15 is 0 Å². The van der Waals surface area contributed by atoms with Crippen LogP contribution in [0.5, 0.6) is 0 Å². The van der Waals surface area contributed by atoms with Crippen molar-refractivity contribution in [2.45, 2.75) is 6.54 Å². The van der Waals surface area contributed by atoms with E-state index in [0.717, 1.165) is 27.4 Å². The molecule has 2 heterocycles. The van der Waals surface area contributed by atoms with Gasteiger partial charge < -0.3 is 10.3 Å². The number of hydrogen-bond donors (Lipinski definition) is 1. The third kappa shape index (κ3) is 3.24. The minimum Gasteiger partial charge on any atom is -0.366 e. The van der Waals surface area contributed by atoms with E-state index in [4.69, 9.17) is 5.73 Å². The van der Waals surface area contributed by atoms with Gasteiger partial charge in [0.15, 0.2) is 0 Å². The van der Waals surface area contributed by atoms with Crippen molar-refractivity contribution in [3.8, 4) is 10.4 Å². The number of rotatable bonds is 4. The smallest absolute Gasteiger partial charge is 0.249 e. The van der Waals surface area contributed by atoms with Gasteiger partial charge in [-0.25, -0.2) is 0 Å². The molecule has 0 atom stereocenters. The molecule has 5 heteroatoms. The van der Waals surface area contributed by atoms with Gasteiger partial charge in [-0.3, -0.25) is 4.79 Å². The number of nitrogens with two attached hydrogens (primary N) is 1. The molecule has 0 saturated heterocycles. The highest BCUT2D eigenvalue weighted by molar-refractivity contribution is 14.1. The number of fused-ring (bicyclic) bond motifs is 3. The Balaban J connectivity index is 1.81. The largest absolute Gasteiger partial charge is 0.366 e. The van der Waals surface area contributed by atoms with E-state index in [0.29, 0.717) is 12.1 Å². The number of carbonyl (C=O) groups is 1. The Hall–Kier alpha value is -2.64. The van der Waals surface area contributed by atoms with E-state index in [1.54, 1.807) is 17.4 Å². The standard InChI is InChI=1S/C24H16IN2OS/c25-17-9-6-15(7-10-17)14-27-20-4-1-3-19(24(26)28)23(20)18-11-8-16(13-21(18)27)22-5-2-12-29-22/h1-10,12-13H,14H2,(H2,26,28). The molecular formula is C24H16IN2OS. The highest BCUT2D eigenvalue weighted by Gasteiger charge is 2.17. The molecule has 0 fully saturated rings. The van der Waals surface area contributed by atoms with Crippen molar-refractivity contribution >= 4 is 61.6 Å². The second-order valence-electron chi connectivity index (χ2n) is 6.90. The molecule has 2 aromatic heterocycles. The van der Waals surface area contributed by atoms with Crippen molar-refractivity contribution in [1.82, 2.24) is 4.57 Å². The summed E-state index contributed by atoms with van der Waals surface area (Å²) < 4.78 is 3.46. The Kier molecular flexibility index (Phi) is 4.64. The van der Waals surface area contributed by atoms with Gasteiger partial charge in [0.2, 0.25) is 5.91 Å². The van der Waals surface area contributed by atoms with Crippen molar-refractivity contribution in [1.29, 1.82) is 0 Å². The van der Waals surface area contributed by atoms with Crippen molar-refractivity contribution in [3.05, 3.63) is 92.9 Å². The van der Waals surface area contributed by atoms with E-state index in [9.17, 15) is 4.79 Å². The maximum Gasteiger partial charge on any atom is 0.249 e. The zero-order chi connectivity index (χ0) is 20.0. The number of primary amides is 1. The van der Waals surface area contributed by atoms with Crippen LogP contribution in [0, 0.1) is 9.64 Å². The van der Waals surface area contributed by atoms with Crippen LogP contribution < -0.4 is 5.73 Å². The van der Waals surface area contributed by atoms with Gasteiger partial charge in [-0.2, -0.15) is 0 Å². The molecule has 2 N–H and O–H groups in total. The topological polar surface area (TPSA) is 48.0 Å². The lowest BCUT2D eigenvalue weighted by Gasteiger charge is -2.09. The first-order valence-corrected chi connectivity index (χ1v) is 11.1. The molecule has 3 nitrogen and oxygen atoms in total. The zero-order valence-electron chi connectivity index (χ0n) is 15.4. The maximum atomic E-state index is 12.1. The summed E-state index contributed by atoms with van der Waals surface area (Å²) in [6.07, 6.45) is 0. The quantitative estimate of drug-likeness (QED) is 0.295. The molecule has 1 radical (unpaired) electrons. The number of carbonyl (C=O) groups excluding carboxylic acids is 1. The summed E-state index contributed by atoms with van der Waals surface area (Å²) >= 11 is 4.02. The lowest BCUT2D eigenvalue weighted by atomic mass is 10.0. The van der Waals surface area contributed by atoms with Crippen LogP contribution >= 0.6 is 33.9 Å². The second-order valence-corrected chi connectivity index (χ2v) is 9.10. The first-order chi connectivity index (χ1) is 14.1. The third-order valence-corrected chi connectivity index (χ3v) is 6.76. The molecule has 0 saturated carbocycles. The van der Waals surface area contributed by atoms with Gasteiger partial charge in [-0.05, 0) is 87.6 Å². The van der Waals surface area contributed by atoms with Gasteiger partial charge in [0.05, 0.1) is 11.0 Å². The van der Waals surface area contributed by atoms with Crippen molar-refractivity contribution < 1.29 is 4.79 Å². The molecule has 5 aromatic rings. The Morgan fingerprint density at radius 1 is 1.07 bits per heavy atom. The van der Waals surface area contributed by atoms with Gasteiger partial charge in [0, 0.05) is 31.3 Å². The number of benzene rings is 3. The van der Waals surface area contributed by atoms with Crippen LogP contribution in [-0.4, -0.2) is 10.5 Å². The average molecular weight is 507 g/mol. The van der Waals surface area contributed by atoms with Crippen LogP contribution in [0.2, 0.25) is 0 Å². The summed E-state index contributed by atoms with van der Waals surface area (Å²) in [5.41, 5.74) is 10.6. The SMILES string of the molecule is NC(=O)c1cccc2c1c1[c]cc(-c3cccs3)cc1n2Cc1ccc(I)cc1. The highest BCUT2D eigenvalue weighted by atomic mass is 127. The van der Waals surface area contributed by atoms with Crippen LogP contribution in [-0.2, 0) is 6.54 Å². The summed E-state index contributed by atoms with van der Waals surface area (Å²) in [6, 6.07) is 26.0. The van der Waals surface area contributed by atoms with E-state index in [2.05, 4.69) is 81.1 Å².